The van der Waals surface area contributed by atoms with E-state index in [-0.39, 0.29) is 5.91 Å². The van der Waals surface area contributed by atoms with Crippen LogP contribution >= 0.6 is 10.0 Å². The quantitative estimate of drug-likeness (QED) is 0.418. The first-order valence-electron chi connectivity index (χ1n) is 5.28. The third kappa shape index (κ3) is 2.34. The van der Waals surface area contributed by atoms with Crippen LogP contribution in [-0.2, 0) is 0 Å². The molecular weight excluding hydrogens is 248 g/mol. The van der Waals surface area contributed by atoms with E-state index in [1.54, 1.807) is 6.07 Å². The van der Waals surface area contributed by atoms with Crippen molar-refractivity contribution in [3.05, 3.63) is 28.8 Å². The van der Waals surface area contributed by atoms with Crippen molar-refractivity contribution in [1.82, 2.24) is 5.32 Å². The number of anilines is 1. The van der Waals surface area contributed by atoms with Crippen molar-refractivity contribution in [2.24, 2.45) is 0 Å². The van der Waals surface area contributed by atoms with Crippen LogP contribution in [0.3, 0.4) is 0 Å². The first-order valence-corrected chi connectivity index (χ1v) is 8.14. The lowest BCUT2D eigenvalue weighted by molar-refractivity contribution is 0.0879. The number of nitrogens with two attached hydrogens (primary N) is 1. The van der Waals surface area contributed by atoms with Crippen molar-refractivity contribution >= 4 is 27.5 Å². The molecule has 3 N–H and O–H groups in total. The Balaban J connectivity index is 2.52. The molecule has 1 aliphatic rings. The summed E-state index contributed by atoms with van der Waals surface area (Å²) >= 11 is 0. The number of nitrogens with one attached hydrogen (secondary N) is 1. The number of amides is 2. The molecule has 0 spiro atoms. The summed E-state index contributed by atoms with van der Waals surface area (Å²) in [6.07, 6.45) is 6.21. The molecular formula is C13H14N2O2S. The minimum absolute atomic E-state index is 0.325. The van der Waals surface area contributed by atoms with E-state index in [1.165, 1.54) is 6.07 Å². The third-order valence-corrected chi connectivity index (χ3v) is 3.11. The fourth-order valence-electron chi connectivity index (χ4n) is 1.55. The molecule has 0 atom stereocenters. The van der Waals surface area contributed by atoms with Gasteiger partial charge in [-0.25, -0.2) is 0 Å². The van der Waals surface area contributed by atoms with Gasteiger partial charge in [0, 0.05) is 11.3 Å². The highest BCUT2D eigenvalue weighted by molar-refractivity contribution is 8.35. The third-order valence-electron chi connectivity index (χ3n) is 2.40. The molecule has 1 aromatic rings. The van der Waals surface area contributed by atoms with Gasteiger partial charge in [-0.3, -0.25) is 14.9 Å². The van der Waals surface area contributed by atoms with Crippen LogP contribution in [0.5, 0.6) is 0 Å². The molecule has 0 radical (unpaired) electrons. The summed E-state index contributed by atoms with van der Waals surface area (Å²) in [6, 6.07) is 3.10. The summed E-state index contributed by atoms with van der Waals surface area (Å²) in [6.45, 7) is 0. The summed E-state index contributed by atoms with van der Waals surface area (Å²) in [5.74, 6) is 2.20. The number of benzene rings is 1. The van der Waals surface area contributed by atoms with E-state index >= 15 is 0 Å². The number of hydrogen-bond acceptors (Lipinski definition) is 3. The van der Waals surface area contributed by atoms with Crippen LogP contribution in [0.2, 0.25) is 0 Å². The molecule has 1 heterocycles. The Hall–Kier alpha value is -1.93. The standard InChI is InChI=1S/C13H14N2O2S/c1-18(2,3)5-4-8-6-9-10(7-11(8)14)13(17)15-12(9)16/h6-7H,14H2,1-3H3,(H,15,16,17). The molecule has 1 aliphatic heterocycles. The summed E-state index contributed by atoms with van der Waals surface area (Å²) in [4.78, 5) is 23.0. The number of nitrogen functional groups attached to an aromatic ring is 1. The van der Waals surface area contributed by atoms with Crippen LogP contribution < -0.4 is 11.1 Å². The second kappa shape index (κ2) is 4.07. The molecule has 94 valence electrons. The van der Waals surface area contributed by atoms with Gasteiger partial charge in [-0.2, -0.15) is 10.0 Å². The minimum atomic E-state index is -0.962. The zero-order valence-electron chi connectivity index (χ0n) is 10.5. The number of fused-ring (bicyclic) bond motifs is 1. The topological polar surface area (TPSA) is 72.2 Å². The molecule has 0 saturated heterocycles. The van der Waals surface area contributed by atoms with Crippen molar-refractivity contribution in [2.75, 3.05) is 24.5 Å². The Bertz CT molecular complexity index is 618. The van der Waals surface area contributed by atoms with Gasteiger partial charge in [-0.05, 0) is 36.2 Å². The lowest BCUT2D eigenvalue weighted by Gasteiger charge is -2.15. The summed E-state index contributed by atoms with van der Waals surface area (Å²) in [5.41, 5.74) is 7.54. The Morgan fingerprint density at radius 3 is 2.22 bits per heavy atom. The van der Waals surface area contributed by atoms with Gasteiger partial charge in [-0.1, -0.05) is 5.92 Å². The van der Waals surface area contributed by atoms with Crippen molar-refractivity contribution in [2.45, 2.75) is 0 Å². The molecule has 1 aromatic carbocycles. The molecule has 2 rings (SSSR count). The van der Waals surface area contributed by atoms with Crippen LogP contribution in [0.15, 0.2) is 12.1 Å². The summed E-state index contributed by atoms with van der Waals surface area (Å²) in [7, 11) is -0.962. The van der Waals surface area contributed by atoms with Crippen molar-refractivity contribution < 1.29 is 9.59 Å². The zero-order valence-corrected chi connectivity index (χ0v) is 11.3. The molecule has 2 amide bonds. The van der Waals surface area contributed by atoms with Crippen LogP contribution in [0.1, 0.15) is 26.3 Å². The van der Waals surface area contributed by atoms with Crippen LogP contribution in [0.4, 0.5) is 5.69 Å². The molecule has 4 nitrogen and oxygen atoms in total. The normalized spacial score (nSPS) is 14.6. The maximum absolute atomic E-state index is 11.5. The van der Waals surface area contributed by atoms with Crippen LogP contribution in [0.25, 0.3) is 0 Å². The highest BCUT2D eigenvalue weighted by atomic mass is 32.3. The van der Waals surface area contributed by atoms with E-state index in [1.807, 2.05) is 0 Å². The number of imide groups is 1. The highest BCUT2D eigenvalue weighted by Gasteiger charge is 2.27. The Labute approximate surface area is 107 Å². The smallest absolute Gasteiger partial charge is 0.259 e. The number of rotatable bonds is 0. The van der Waals surface area contributed by atoms with E-state index < -0.39 is 15.9 Å². The fourth-order valence-corrected chi connectivity index (χ4v) is 1.96. The molecule has 0 aromatic heterocycles. The van der Waals surface area contributed by atoms with E-state index in [0.29, 0.717) is 22.4 Å². The maximum atomic E-state index is 11.5. The van der Waals surface area contributed by atoms with Crippen LogP contribution in [0, 0.1) is 11.2 Å². The lowest BCUT2D eigenvalue weighted by atomic mass is 10.0. The van der Waals surface area contributed by atoms with Crippen molar-refractivity contribution in [3.8, 4) is 11.2 Å². The van der Waals surface area contributed by atoms with Gasteiger partial charge in [0.1, 0.15) is 0 Å². The number of hydrogen-bond donors (Lipinski definition) is 2. The van der Waals surface area contributed by atoms with Crippen molar-refractivity contribution in [3.63, 3.8) is 0 Å². The Kier molecular flexibility index (Phi) is 2.83. The number of carbonyl (C=O) groups is 2. The average molecular weight is 262 g/mol. The zero-order chi connectivity index (χ0) is 13.5. The molecule has 0 unspecified atom stereocenters. The first-order chi connectivity index (χ1) is 8.28. The number of carbonyl (C=O) groups excluding carboxylic acids is 2. The Morgan fingerprint density at radius 2 is 1.67 bits per heavy atom. The SMILES string of the molecule is CS(C)(C)C#Cc1cc2c(cc1N)C(=O)NC2=O. The molecule has 0 saturated carbocycles. The monoisotopic (exact) mass is 262 g/mol. The molecule has 5 heteroatoms. The lowest BCUT2D eigenvalue weighted by Crippen LogP contribution is -2.19. The van der Waals surface area contributed by atoms with E-state index in [2.05, 4.69) is 35.3 Å². The Morgan fingerprint density at radius 1 is 1.11 bits per heavy atom. The van der Waals surface area contributed by atoms with Crippen LogP contribution in [-0.4, -0.2) is 30.6 Å². The molecule has 0 bridgehead atoms. The van der Waals surface area contributed by atoms with Gasteiger partial charge in [0.05, 0.1) is 11.1 Å². The summed E-state index contributed by atoms with van der Waals surface area (Å²) < 4.78 is 0. The van der Waals surface area contributed by atoms with E-state index in [9.17, 15) is 9.59 Å². The predicted octanol–water partition coefficient (Wildman–Crippen LogP) is 1.16. The first kappa shape index (κ1) is 12.5. The van der Waals surface area contributed by atoms with Gasteiger partial charge >= 0.3 is 0 Å². The predicted molar refractivity (Wildman–Crippen MR) is 74.9 cm³/mol. The van der Waals surface area contributed by atoms with Gasteiger partial charge in [0.25, 0.3) is 11.8 Å². The maximum Gasteiger partial charge on any atom is 0.259 e. The highest BCUT2D eigenvalue weighted by Crippen LogP contribution is 2.33. The van der Waals surface area contributed by atoms with Gasteiger partial charge in [0.2, 0.25) is 0 Å². The van der Waals surface area contributed by atoms with Gasteiger partial charge in [0.15, 0.2) is 0 Å². The summed E-state index contributed by atoms with van der Waals surface area (Å²) in [5, 5.41) is 5.37. The fraction of sp³-hybridized carbons (Fsp3) is 0.231. The molecule has 0 fully saturated rings. The molecule has 0 aliphatic carbocycles. The van der Waals surface area contributed by atoms with E-state index in [4.69, 9.17) is 5.73 Å². The van der Waals surface area contributed by atoms with Gasteiger partial charge in [-0.15, -0.1) is 0 Å². The second-order valence-corrected chi connectivity index (χ2v) is 8.71. The van der Waals surface area contributed by atoms with Gasteiger partial charge < -0.3 is 5.73 Å². The largest absolute Gasteiger partial charge is 0.398 e. The molecule has 18 heavy (non-hydrogen) atoms. The second-order valence-electron chi connectivity index (χ2n) is 4.83. The average Bonchev–Trinajstić information content (AvgIpc) is 2.50. The van der Waals surface area contributed by atoms with E-state index in [0.717, 1.165) is 0 Å². The van der Waals surface area contributed by atoms with Crippen molar-refractivity contribution in [1.29, 1.82) is 0 Å². The minimum Gasteiger partial charge on any atom is -0.398 e.